The first kappa shape index (κ1) is 12.6. The standard InChI is InChI=1S/C15H15BrN2O/c16-11-4-3-9-18(10-11)15(19)13-5-1-7-14-12(13)6-2-8-17-14/h1-2,5-8,11H,3-4,9-10H2. The third-order valence-electron chi connectivity index (χ3n) is 3.53. The van der Waals surface area contributed by atoms with Crippen LogP contribution in [0.4, 0.5) is 0 Å². The Bertz CT molecular complexity index is 609. The number of hydrogen-bond acceptors (Lipinski definition) is 2. The van der Waals surface area contributed by atoms with E-state index in [2.05, 4.69) is 20.9 Å². The lowest BCUT2D eigenvalue weighted by molar-refractivity contribution is 0.0732. The number of likely N-dealkylation sites (tertiary alicyclic amines) is 1. The lowest BCUT2D eigenvalue weighted by Crippen LogP contribution is -2.40. The second-order valence-electron chi connectivity index (χ2n) is 4.87. The number of nitrogens with zero attached hydrogens (tertiary/aromatic N) is 2. The number of pyridine rings is 1. The van der Waals surface area contributed by atoms with Crippen molar-refractivity contribution in [2.24, 2.45) is 0 Å². The summed E-state index contributed by atoms with van der Waals surface area (Å²) in [5.74, 6) is 0.114. The number of alkyl halides is 1. The van der Waals surface area contributed by atoms with Gasteiger partial charge in [0.15, 0.2) is 0 Å². The van der Waals surface area contributed by atoms with E-state index in [-0.39, 0.29) is 5.91 Å². The van der Waals surface area contributed by atoms with E-state index in [4.69, 9.17) is 0 Å². The van der Waals surface area contributed by atoms with E-state index in [0.717, 1.165) is 42.4 Å². The maximum atomic E-state index is 12.6. The summed E-state index contributed by atoms with van der Waals surface area (Å²) in [5.41, 5.74) is 1.63. The van der Waals surface area contributed by atoms with Crippen LogP contribution >= 0.6 is 15.9 Å². The van der Waals surface area contributed by atoms with Crippen LogP contribution in [0.3, 0.4) is 0 Å². The van der Waals surface area contributed by atoms with Crippen molar-refractivity contribution in [3.8, 4) is 0 Å². The van der Waals surface area contributed by atoms with Gasteiger partial charge in [0.2, 0.25) is 0 Å². The monoisotopic (exact) mass is 318 g/mol. The van der Waals surface area contributed by atoms with Gasteiger partial charge in [-0.15, -0.1) is 0 Å². The van der Waals surface area contributed by atoms with Gasteiger partial charge in [0, 0.05) is 35.1 Å². The minimum atomic E-state index is 0.114. The Morgan fingerprint density at radius 3 is 3.05 bits per heavy atom. The molecule has 1 unspecified atom stereocenters. The molecule has 0 saturated carbocycles. The summed E-state index contributed by atoms with van der Waals surface area (Å²) >= 11 is 3.61. The number of aromatic nitrogens is 1. The molecule has 1 aliphatic rings. The van der Waals surface area contributed by atoms with E-state index in [1.54, 1.807) is 6.20 Å². The molecule has 1 saturated heterocycles. The maximum Gasteiger partial charge on any atom is 0.254 e. The van der Waals surface area contributed by atoms with E-state index >= 15 is 0 Å². The highest BCUT2D eigenvalue weighted by Gasteiger charge is 2.23. The number of carbonyl (C=O) groups is 1. The molecule has 1 aromatic heterocycles. The van der Waals surface area contributed by atoms with Gasteiger partial charge in [-0.3, -0.25) is 9.78 Å². The van der Waals surface area contributed by atoms with Crippen LogP contribution < -0.4 is 0 Å². The molecule has 1 aromatic carbocycles. The van der Waals surface area contributed by atoms with Crippen molar-refractivity contribution in [2.75, 3.05) is 13.1 Å². The predicted octanol–water partition coefficient (Wildman–Crippen LogP) is 3.23. The Hall–Kier alpha value is -1.42. The van der Waals surface area contributed by atoms with E-state index in [9.17, 15) is 4.79 Å². The van der Waals surface area contributed by atoms with Crippen molar-refractivity contribution in [2.45, 2.75) is 17.7 Å². The fourth-order valence-corrected chi connectivity index (χ4v) is 3.24. The molecule has 0 aliphatic carbocycles. The van der Waals surface area contributed by atoms with Crippen molar-refractivity contribution in [1.29, 1.82) is 0 Å². The molecule has 1 fully saturated rings. The van der Waals surface area contributed by atoms with E-state index in [1.165, 1.54) is 0 Å². The summed E-state index contributed by atoms with van der Waals surface area (Å²) in [6.45, 7) is 1.63. The Labute approximate surface area is 120 Å². The van der Waals surface area contributed by atoms with Gasteiger partial charge in [-0.25, -0.2) is 0 Å². The quantitative estimate of drug-likeness (QED) is 0.756. The molecule has 0 spiro atoms. The SMILES string of the molecule is O=C(c1cccc2ncccc12)N1CCCC(Br)C1. The number of carbonyl (C=O) groups excluding carboxylic acids is 1. The largest absolute Gasteiger partial charge is 0.338 e. The van der Waals surface area contributed by atoms with Gasteiger partial charge in [-0.2, -0.15) is 0 Å². The van der Waals surface area contributed by atoms with Crippen LogP contribution in [0.2, 0.25) is 0 Å². The summed E-state index contributed by atoms with van der Waals surface area (Å²) in [6, 6.07) is 9.58. The summed E-state index contributed by atoms with van der Waals surface area (Å²) in [4.78, 5) is 19.3. The molecule has 2 aromatic rings. The van der Waals surface area contributed by atoms with Gasteiger partial charge in [-0.05, 0) is 31.0 Å². The first-order chi connectivity index (χ1) is 9.25. The molecule has 4 heteroatoms. The van der Waals surface area contributed by atoms with E-state index in [0.29, 0.717) is 4.83 Å². The molecule has 2 heterocycles. The van der Waals surface area contributed by atoms with Gasteiger partial charge in [0.25, 0.3) is 5.91 Å². The molecule has 0 bridgehead atoms. The Balaban J connectivity index is 1.97. The van der Waals surface area contributed by atoms with E-state index in [1.807, 2.05) is 35.2 Å². The number of hydrogen-bond donors (Lipinski definition) is 0. The zero-order chi connectivity index (χ0) is 13.2. The second kappa shape index (κ2) is 5.29. The first-order valence-corrected chi connectivity index (χ1v) is 7.44. The third-order valence-corrected chi connectivity index (χ3v) is 4.27. The average Bonchev–Trinajstić information content (AvgIpc) is 2.46. The summed E-state index contributed by atoms with van der Waals surface area (Å²) in [5, 5.41) is 0.937. The molecule has 0 N–H and O–H groups in total. The molecule has 1 amide bonds. The van der Waals surface area contributed by atoms with Crippen LogP contribution in [0.25, 0.3) is 10.9 Å². The number of benzene rings is 1. The van der Waals surface area contributed by atoms with Crippen LogP contribution in [0.1, 0.15) is 23.2 Å². The molecule has 3 rings (SSSR count). The van der Waals surface area contributed by atoms with Crippen LogP contribution in [-0.2, 0) is 0 Å². The van der Waals surface area contributed by atoms with Crippen molar-refractivity contribution >= 4 is 32.7 Å². The zero-order valence-electron chi connectivity index (χ0n) is 10.6. The van der Waals surface area contributed by atoms with Crippen molar-refractivity contribution in [3.63, 3.8) is 0 Å². The smallest absolute Gasteiger partial charge is 0.254 e. The lowest BCUT2D eigenvalue weighted by atomic mass is 10.1. The van der Waals surface area contributed by atoms with Crippen molar-refractivity contribution < 1.29 is 4.79 Å². The number of halogens is 1. The second-order valence-corrected chi connectivity index (χ2v) is 6.16. The van der Waals surface area contributed by atoms with Gasteiger partial charge < -0.3 is 4.90 Å². The highest BCUT2D eigenvalue weighted by atomic mass is 79.9. The molecule has 1 atom stereocenters. The van der Waals surface area contributed by atoms with E-state index < -0.39 is 0 Å². The molecular weight excluding hydrogens is 304 g/mol. The van der Waals surface area contributed by atoms with Gasteiger partial charge >= 0.3 is 0 Å². The topological polar surface area (TPSA) is 33.2 Å². The Kier molecular flexibility index (Phi) is 3.51. The fourth-order valence-electron chi connectivity index (χ4n) is 2.57. The van der Waals surface area contributed by atoms with Crippen molar-refractivity contribution in [3.05, 3.63) is 42.1 Å². The number of rotatable bonds is 1. The summed E-state index contributed by atoms with van der Waals surface area (Å²) in [6.07, 6.45) is 3.96. The van der Waals surface area contributed by atoms with Crippen LogP contribution in [0.5, 0.6) is 0 Å². The predicted molar refractivity (Wildman–Crippen MR) is 79.6 cm³/mol. The lowest BCUT2D eigenvalue weighted by Gasteiger charge is -2.30. The highest BCUT2D eigenvalue weighted by molar-refractivity contribution is 9.09. The minimum absolute atomic E-state index is 0.114. The van der Waals surface area contributed by atoms with Gasteiger partial charge in [-0.1, -0.05) is 28.1 Å². The average molecular weight is 319 g/mol. The normalized spacial score (nSPS) is 19.6. The van der Waals surface area contributed by atoms with Gasteiger partial charge in [0.1, 0.15) is 0 Å². The number of piperidine rings is 1. The number of amides is 1. The van der Waals surface area contributed by atoms with Gasteiger partial charge in [0.05, 0.1) is 5.52 Å². The summed E-state index contributed by atoms with van der Waals surface area (Å²) in [7, 11) is 0. The first-order valence-electron chi connectivity index (χ1n) is 6.53. The Morgan fingerprint density at radius 2 is 2.21 bits per heavy atom. The molecular formula is C15H15BrN2O. The molecule has 1 aliphatic heterocycles. The van der Waals surface area contributed by atoms with Crippen LogP contribution in [-0.4, -0.2) is 33.7 Å². The molecule has 0 radical (unpaired) electrons. The van der Waals surface area contributed by atoms with Crippen molar-refractivity contribution in [1.82, 2.24) is 9.88 Å². The van der Waals surface area contributed by atoms with Crippen LogP contribution in [0.15, 0.2) is 36.5 Å². The molecule has 19 heavy (non-hydrogen) atoms. The number of fused-ring (bicyclic) bond motifs is 1. The molecule has 3 nitrogen and oxygen atoms in total. The van der Waals surface area contributed by atoms with Crippen LogP contribution in [0, 0.1) is 0 Å². The summed E-state index contributed by atoms with van der Waals surface area (Å²) < 4.78 is 0. The molecule has 98 valence electrons. The highest BCUT2D eigenvalue weighted by Crippen LogP contribution is 2.22. The zero-order valence-corrected chi connectivity index (χ0v) is 12.1. The minimum Gasteiger partial charge on any atom is -0.338 e. The third kappa shape index (κ3) is 2.50. The maximum absolute atomic E-state index is 12.6. The fraction of sp³-hybridized carbons (Fsp3) is 0.333. The Morgan fingerprint density at radius 1 is 1.32 bits per heavy atom.